The summed E-state index contributed by atoms with van der Waals surface area (Å²) in [6.07, 6.45) is 0. The number of non-ortho nitro benzene ring substituents is 1. The van der Waals surface area contributed by atoms with Gasteiger partial charge in [-0.2, -0.15) is 0 Å². The van der Waals surface area contributed by atoms with Crippen LogP contribution in [0.1, 0.15) is 43.5 Å². The lowest BCUT2D eigenvalue weighted by Crippen LogP contribution is -2.32. The van der Waals surface area contributed by atoms with Crippen molar-refractivity contribution in [3.63, 3.8) is 0 Å². The highest BCUT2D eigenvalue weighted by Gasteiger charge is 2.46. The SMILES string of the molecule is COCCN1C(=O)C(=O)/C(=C(\O)c2cccc([N+](=O)[O-])c2)C1c1ccc(C(C)(C)C)cc1. The monoisotopic (exact) mass is 438 g/mol. The second kappa shape index (κ2) is 8.92. The minimum atomic E-state index is -0.838. The molecule has 0 bridgehead atoms. The number of aliphatic hydroxyl groups excluding tert-OH is 1. The number of methoxy groups -OCH3 is 1. The highest BCUT2D eigenvalue weighted by atomic mass is 16.6. The van der Waals surface area contributed by atoms with E-state index in [4.69, 9.17) is 4.74 Å². The Morgan fingerprint density at radius 1 is 1.16 bits per heavy atom. The Hall–Kier alpha value is -3.52. The van der Waals surface area contributed by atoms with Gasteiger partial charge in [-0.05, 0) is 16.5 Å². The van der Waals surface area contributed by atoms with Crippen LogP contribution >= 0.6 is 0 Å². The summed E-state index contributed by atoms with van der Waals surface area (Å²) >= 11 is 0. The standard InChI is InChI=1S/C24H26N2O6/c1-24(2,3)17-10-8-15(9-11-17)20-19(22(28)23(29)25(20)12-13-32-4)21(27)16-6-5-7-18(14-16)26(30)31/h5-11,14,20,27H,12-13H2,1-4H3/b21-19-. The summed E-state index contributed by atoms with van der Waals surface area (Å²) < 4.78 is 5.10. The van der Waals surface area contributed by atoms with Gasteiger partial charge < -0.3 is 14.7 Å². The molecule has 1 N–H and O–H groups in total. The van der Waals surface area contributed by atoms with E-state index >= 15 is 0 Å². The first-order valence-electron chi connectivity index (χ1n) is 10.2. The third-order valence-corrected chi connectivity index (χ3v) is 5.50. The number of ether oxygens (including phenoxy) is 1. The zero-order valence-corrected chi connectivity index (χ0v) is 18.5. The van der Waals surface area contributed by atoms with E-state index < -0.39 is 28.4 Å². The molecule has 1 saturated heterocycles. The molecule has 32 heavy (non-hydrogen) atoms. The van der Waals surface area contributed by atoms with Gasteiger partial charge in [0, 0.05) is 31.4 Å². The van der Waals surface area contributed by atoms with Gasteiger partial charge in [-0.3, -0.25) is 19.7 Å². The number of hydrogen-bond donors (Lipinski definition) is 1. The van der Waals surface area contributed by atoms with Crippen molar-refractivity contribution >= 4 is 23.1 Å². The van der Waals surface area contributed by atoms with Gasteiger partial charge in [-0.25, -0.2) is 0 Å². The fourth-order valence-corrected chi connectivity index (χ4v) is 3.73. The largest absolute Gasteiger partial charge is 0.507 e. The van der Waals surface area contributed by atoms with Crippen LogP contribution in [0.25, 0.3) is 5.76 Å². The predicted octanol–water partition coefficient (Wildman–Crippen LogP) is 3.96. The zero-order valence-electron chi connectivity index (χ0n) is 18.5. The van der Waals surface area contributed by atoms with Gasteiger partial charge in [0.05, 0.1) is 23.1 Å². The predicted molar refractivity (Wildman–Crippen MR) is 119 cm³/mol. The first kappa shape index (κ1) is 23.1. The average Bonchev–Trinajstić information content (AvgIpc) is 3.01. The van der Waals surface area contributed by atoms with Crippen LogP contribution in [0, 0.1) is 10.1 Å². The van der Waals surface area contributed by atoms with E-state index in [-0.39, 0.29) is 35.4 Å². The summed E-state index contributed by atoms with van der Waals surface area (Å²) in [5, 5.41) is 22.1. The number of nitrogens with zero attached hydrogens (tertiary/aromatic N) is 2. The summed E-state index contributed by atoms with van der Waals surface area (Å²) in [4.78, 5) is 37.7. The van der Waals surface area contributed by atoms with Crippen molar-refractivity contribution in [1.82, 2.24) is 4.90 Å². The molecular formula is C24H26N2O6. The quantitative estimate of drug-likeness (QED) is 0.240. The van der Waals surface area contributed by atoms with Crippen LogP contribution < -0.4 is 0 Å². The molecule has 1 aliphatic heterocycles. The second-order valence-electron chi connectivity index (χ2n) is 8.66. The number of ketones is 1. The molecule has 1 unspecified atom stereocenters. The van der Waals surface area contributed by atoms with Gasteiger partial charge in [-0.15, -0.1) is 0 Å². The van der Waals surface area contributed by atoms with Gasteiger partial charge in [0.1, 0.15) is 5.76 Å². The summed E-state index contributed by atoms with van der Waals surface area (Å²) in [6, 6.07) is 12.0. The Kier molecular flexibility index (Phi) is 6.45. The number of aliphatic hydroxyl groups is 1. The van der Waals surface area contributed by atoms with Gasteiger partial charge >= 0.3 is 0 Å². The van der Waals surface area contributed by atoms with Crippen molar-refractivity contribution in [3.8, 4) is 0 Å². The van der Waals surface area contributed by atoms with E-state index in [0.717, 1.165) is 5.56 Å². The number of rotatable bonds is 6. The van der Waals surface area contributed by atoms with Gasteiger partial charge in [0.2, 0.25) is 0 Å². The van der Waals surface area contributed by atoms with E-state index in [1.807, 2.05) is 24.3 Å². The van der Waals surface area contributed by atoms with E-state index in [1.54, 1.807) is 0 Å². The van der Waals surface area contributed by atoms with E-state index in [0.29, 0.717) is 5.56 Å². The number of nitro benzene ring substituents is 1. The van der Waals surface area contributed by atoms with Crippen molar-refractivity contribution in [2.75, 3.05) is 20.3 Å². The van der Waals surface area contributed by atoms with Crippen molar-refractivity contribution in [2.45, 2.75) is 32.2 Å². The molecule has 0 aromatic heterocycles. The molecule has 8 nitrogen and oxygen atoms in total. The van der Waals surface area contributed by atoms with Crippen LogP contribution in [-0.2, 0) is 19.7 Å². The molecule has 0 spiro atoms. The third-order valence-electron chi connectivity index (χ3n) is 5.50. The van der Waals surface area contributed by atoms with Gasteiger partial charge in [0.25, 0.3) is 17.4 Å². The van der Waals surface area contributed by atoms with Crippen molar-refractivity contribution in [2.24, 2.45) is 0 Å². The molecule has 0 aliphatic carbocycles. The minimum Gasteiger partial charge on any atom is -0.507 e. The molecule has 0 radical (unpaired) electrons. The molecule has 1 heterocycles. The number of benzene rings is 2. The highest BCUT2D eigenvalue weighted by molar-refractivity contribution is 6.46. The maximum atomic E-state index is 12.9. The maximum Gasteiger partial charge on any atom is 0.295 e. The topological polar surface area (TPSA) is 110 Å². The third kappa shape index (κ3) is 4.40. The Morgan fingerprint density at radius 2 is 1.81 bits per heavy atom. The number of likely N-dealkylation sites (tertiary alicyclic amines) is 1. The van der Waals surface area contributed by atoms with E-state index in [2.05, 4.69) is 20.8 Å². The molecule has 2 aromatic carbocycles. The fraction of sp³-hybridized carbons (Fsp3) is 0.333. The number of nitro groups is 1. The Labute approximate surface area is 186 Å². The number of carbonyl (C=O) groups is 2. The van der Waals surface area contributed by atoms with Crippen LogP contribution in [0.15, 0.2) is 54.1 Å². The van der Waals surface area contributed by atoms with Crippen LogP contribution in [0.4, 0.5) is 5.69 Å². The Morgan fingerprint density at radius 3 is 2.38 bits per heavy atom. The normalized spacial score (nSPS) is 18.2. The molecule has 1 aliphatic rings. The number of carbonyl (C=O) groups excluding carboxylic acids is 2. The Bertz CT molecular complexity index is 1080. The molecular weight excluding hydrogens is 412 g/mol. The molecule has 3 rings (SSSR count). The smallest absolute Gasteiger partial charge is 0.295 e. The van der Waals surface area contributed by atoms with Crippen molar-refractivity contribution < 1.29 is 24.4 Å². The number of Topliss-reactive ketones (excluding diaryl/α,β-unsaturated/α-hetero) is 1. The molecule has 1 atom stereocenters. The van der Waals surface area contributed by atoms with Crippen LogP contribution in [0.5, 0.6) is 0 Å². The molecule has 168 valence electrons. The van der Waals surface area contributed by atoms with E-state index in [9.17, 15) is 24.8 Å². The lowest BCUT2D eigenvalue weighted by molar-refractivity contribution is -0.384. The number of hydrogen-bond acceptors (Lipinski definition) is 6. The molecule has 2 aromatic rings. The molecule has 8 heteroatoms. The van der Waals surface area contributed by atoms with E-state index in [1.165, 1.54) is 36.3 Å². The first-order valence-corrected chi connectivity index (χ1v) is 10.2. The summed E-state index contributed by atoms with van der Waals surface area (Å²) in [6.45, 7) is 6.60. The van der Waals surface area contributed by atoms with Gasteiger partial charge in [-0.1, -0.05) is 57.2 Å². The van der Waals surface area contributed by atoms with Gasteiger partial charge in [0.15, 0.2) is 0 Å². The second-order valence-corrected chi connectivity index (χ2v) is 8.66. The van der Waals surface area contributed by atoms with Crippen molar-refractivity contribution in [3.05, 3.63) is 80.9 Å². The molecule has 0 saturated carbocycles. The summed E-state index contributed by atoms with van der Waals surface area (Å²) in [7, 11) is 1.49. The molecule has 1 amide bonds. The van der Waals surface area contributed by atoms with Crippen molar-refractivity contribution in [1.29, 1.82) is 0 Å². The Balaban J connectivity index is 2.16. The summed E-state index contributed by atoms with van der Waals surface area (Å²) in [5.41, 5.74) is 1.41. The van der Waals surface area contributed by atoms with Crippen LogP contribution in [0.3, 0.4) is 0 Å². The van der Waals surface area contributed by atoms with Crippen LogP contribution in [-0.4, -0.2) is 46.9 Å². The number of amides is 1. The maximum absolute atomic E-state index is 12.9. The first-order chi connectivity index (χ1) is 15.1. The zero-order chi connectivity index (χ0) is 23.6. The molecule has 1 fully saturated rings. The average molecular weight is 438 g/mol. The lowest BCUT2D eigenvalue weighted by Gasteiger charge is -2.26. The lowest BCUT2D eigenvalue weighted by atomic mass is 9.85. The van der Waals surface area contributed by atoms with Crippen LogP contribution in [0.2, 0.25) is 0 Å². The summed E-state index contributed by atoms with van der Waals surface area (Å²) in [5.74, 6) is -2.04. The minimum absolute atomic E-state index is 0.0840. The highest BCUT2D eigenvalue weighted by Crippen LogP contribution is 2.40. The fourth-order valence-electron chi connectivity index (χ4n) is 3.73.